The first-order valence-electron chi connectivity index (χ1n) is 9.30. The molecule has 2 atom stereocenters. The molecule has 0 aliphatic carbocycles. The van der Waals surface area contributed by atoms with Crippen LogP contribution in [-0.4, -0.2) is 39.7 Å². The van der Waals surface area contributed by atoms with Crippen molar-refractivity contribution in [3.63, 3.8) is 0 Å². The van der Waals surface area contributed by atoms with Crippen LogP contribution >= 0.6 is 23.5 Å². The third-order valence-corrected chi connectivity index (χ3v) is 7.43. The highest BCUT2D eigenvalue weighted by Crippen LogP contribution is 2.38. The average molecular weight is 419 g/mol. The lowest BCUT2D eigenvalue weighted by molar-refractivity contribution is -0.0497. The maximum Gasteiger partial charge on any atom is 0.264 e. The molecule has 0 unspecified atom stereocenters. The number of ether oxygens (including phenoxy) is 2. The van der Waals surface area contributed by atoms with Gasteiger partial charge in [0.15, 0.2) is 5.60 Å². The number of hydrogen-bond donors (Lipinski definition) is 0. The smallest absolute Gasteiger partial charge is 0.264 e. The Hall–Kier alpha value is -1.70. The first-order chi connectivity index (χ1) is 13.5. The molecule has 1 aromatic carbocycles. The summed E-state index contributed by atoms with van der Waals surface area (Å²) >= 11 is 3.72. The molecule has 0 amide bonds. The highest BCUT2D eigenvalue weighted by molar-refractivity contribution is 8.22. The van der Waals surface area contributed by atoms with E-state index < -0.39 is 5.60 Å². The molecule has 5 nitrogen and oxygen atoms in total. The normalized spacial score (nSPS) is 17.6. The van der Waals surface area contributed by atoms with E-state index in [1.54, 1.807) is 19.5 Å². The van der Waals surface area contributed by atoms with Gasteiger partial charge >= 0.3 is 0 Å². The highest BCUT2D eigenvalue weighted by atomic mass is 32.2. The lowest BCUT2D eigenvalue weighted by Gasteiger charge is -2.33. The van der Waals surface area contributed by atoms with Crippen molar-refractivity contribution in [3.05, 3.63) is 58.9 Å². The molecule has 1 fully saturated rings. The van der Waals surface area contributed by atoms with Crippen molar-refractivity contribution in [2.24, 2.45) is 5.92 Å². The quantitative estimate of drug-likeness (QED) is 0.640. The molecule has 1 aromatic heterocycles. The number of thioether (sulfide) groups is 2. The van der Waals surface area contributed by atoms with E-state index in [0.717, 1.165) is 22.8 Å². The monoisotopic (exact) mass is 418 g/mol. The number of benzene rings is 1. The van der Waals surface area contributed by atoms with Crippen molar-refractivity contribution in [1.29, 1.82) is 0 Å². The minimum absolute atomic E-state index is 0.0891. The fourth-order valence-electron chi connectivity index (χ4n) is 2.88. The first kappa shape index (κ1) is 21.0. The Bertz CT molecular complexity index is 798. The molecule has 150 valence electrons. The molecule has 0 spiro atoms. The maximum absolute atomic E-state index is 13.3. The summed E-state index contributed by atoms with van der Waals surface area (Å²) in [7, 11) is 1.64. The highest BCUT2D eigenvalue weighted by Gasteiger charge is 2.40. The van der Waals surface area contributed by atoms with Crippen LogP contribution in [0.2, 0.25) is 0 Å². The molecule has 0 radical (unpaired) electrons. The van der Waals surface area contributed by atoms with E-state index in [1.165, 1.54) is 21.6 Å². The van der Waals surface area contributed by atoms with E-state index in [4.69, 9.17) is 9.47 Å². The zero-order valence-corrected chi connectivity index (χ0v) is 18.1. The number of carbonyl (C=O) groups excluding carboxylic acids is 1. The summed E-state index contributed by atoms with van der Waals surface area (Å²) in [4.78, 5) is 17.3. The molecule has 2 aromatic rings. The van der Waals surface area contributed by atoms with Crippen LogP contribution in [0.5, 0.6) is 5.75 Å². The minimum Gasteiger partial charge on any atom is -0.497 e. The van der Waals surface area contributed by atoms with Gasteiger partial charge in [0.25, 0.3) is 5.91 Å². The van der Waals surface area contributed by atoms with Crippen molar-refractivity contribution < 1.29 is 14.3 Å². The number of carbonyl (C=O) groups is 1. The van der Waals surface area contributed by atoms with E-state index >= 15 is 0 Å². The summed E-state index contributed by atoms with van der Waals surface area (Å²) < 4.78 is 14.3. The molecule has 0 N–H and O–H groups in total. The second-order valence-electron chi connectivity index (χ2n) is 6.84. The number of nitrogens with zero attached hydrogens (tertiary/aromatic N) is 2. The Morgan fingerprint density at radius 2 is 2.04 bits per heavy atom. The molecule has 2 heterocycles. The summed E-state index contributed by atoms with van der Waals surface area (Å²) in [6.07, 6.45) is 8.21. The average Bonchev–Trinajstić information content (AvgIpc) is 3.27. The van der Waals surface area contributed by atoms with Gasteiger partial charge in [-0.25, -0.2) is 4.98 Å². The van der Waals surface area contributed by atoms with Gasteiger partial charge in [-0.1, -0.05) is 25.1 Å². The second kappa shape index (κ2) is 9.67. The molecule has 1 saturated heterocycles. The van der Waals surface area contributed by atoms with Gasteiger partial charge in [0.2, 0.25) is 0 Å². The topological polar surface area (TPSA) is 53.4 Å². The van der Waals surface area contributed by atoms with Gasteiger partial charge < -0.3 is 9.47 Å². The largest absolute Gasteiger partial charge is 0.497 e. The fourth-order valence-corrected chi connectivity index (χ4v) is 5.48. The maximum atomic E-state index is 13.3. The van der Waals surface area contributed by atoms with E-state index in [0.29, 0.717) is 6.61 Å². The van der Waals surface area contributed by atoms with Crippen LogP contribution in [0.1, 0.15) is 30.6 Å². The molecule has 0 bridgehead atoms. The van der Waals surface area contributed by atoms with Gasteiger partial charge in [-0.2, -0.15) is 0 Å². The second-order valence-corrected chi connectivity index (χ2v) is 9.38. The van der Waals surface area contributed by atoms with Crippen molar-refractivity contribution in [2.75, 3.05) is 18.6 Å². The van der Waals surface area contributed by atoms with Crippen LogP contribution in [0.4, 0.5) is 0 Å². The molecule has 0 saturated carbocycles. The van der Waals surface area contributed by atoms with Gasteiger partial charge in [0.1, 0.15) is 12.1 Å². The summed E-state index contributed by atoms with van der Waals surface area (Å²) in [6, 6.07) is 7.71. The Kier molecular flexibility index (Phi) is 7.26. The summed E-state index contributed by atoms with van der Waals surface area (Å²) in [6.45, 7) is 4.26. The van der Waals surface area contributed by atoms with Gasteiger partial charge in [-0.15, -0.1) is 23.5 Å². The summed E-state index contributed by atoms with van der Waals surface area (Å²) in [5.74, 6) is 2.85. The third kappa shape index (κ3) is 5.01. The molecule has 3 rings (SSSR count). The molecular formula is C21H26N2O3S2. The summed E-state index contributed by atoms with van der Waals surface area (Å²) in [5.41, 5.74) is -0.0154. The lowest BCUT2D eigenvalue weighted by atomic mass is 9.89. The zero-order valence-electron chi connectivity index (χ0n) is 16.5. The van der Waals surface area contributed by atoms with Gasteiger partial charge in [-0.05, 0) is 42.5 Å². The first-order valence-corrected chi connectivity index (χ1v) is 11.3. The van der Waals surface area contributed by atoms with Crippen LogP contribution in [0.25, 0.3) is 0 Å². The molecule has 1 aliphatic heterocycles. The van der Waals surface area contributed by atoms with Crippen LogP contribution in [0.15, 0.2) is 53.3 Å². The number of hydrogen-bond acceptors (Lipinski definition) is 6. The Labute approximate surface area is 174 Å². The predicted molar refractivity (Wildman–Crippen MR) is 116 cm³/mol. The Morgan fingerprint density at radius 1 is 1.32 bits per heavy atom. The Balaban J connectivity index is 1.81. The van der Waals surface area contributed by atoms with E-state index in [2.05, 4.69) is 11.1 Å². The van der Waals surface area contributed by atoms with E-state index in [-0.39, 0.29) is 11.8 Å². The number of methoxy groups -OCH3 is 1. The SMILES string of the molecule is COc1ccc(CO[C@](C)(C(=O)n2ccnc2)[C@H](C)C=C2SCCCS2)cc1. The third-order valence-electron chi connectivity index (χ3n) is 4.89. The number of rotatable bonds is 7. The zero-order chi connectivity index (χ0) is 20.0. The van der Waals surface area contributed by atoms with Crippen molar-refractivity contribution in [2.45, 2.75) is 32.5 Å². The van der Waals surface area contributed by atoms with Crippen LogP contribution in [0, 0.1) is 5.92 Å². The van der Waals surface area contributed by atoms with Gasteiger partial charge in [-0.3, -0.25) is 9.36 Å². The van der Waals surface area contributed by atoms with E-state index in [9.17, 15) is 4.79 Å². The van der Waals surface area contributed by atoms with Crippen molar-refractivity contribution in [3.8, 4) is 5.75 Å². The van der Waals surface area contributed by atoms with Crippen molar-refractivity contribution >= 4 is 29.4 Å². The predicted octanol–water partition coefficient (Wildman–Crippen LogP) is 4.86. The molecular weight excluding hydrogens is 392 g/mol. The fraction of sp³-hybridized carbons (Fsp3) is 0.429. The van der Waals surface area contributed by atoms with E-state index in [1.807, 2.05) is 61.6 Å². The minimum atomic E-state index is -1.01. The standard InChI is InChI=1S/C21H26N2O3S2/c1-16(13-19-27-11-4-12-28-19)21(2,20(24)23-10-9-22-15-23)26-14-17-5-7-18(25-3)8-6-17/h5-10,13,15-16H,4,11-12,14H2,1-3H3/t16-,21+/m1/s1. The van der Waals surface area contributed by atoms with Crippen LogP contribution in [-0.2, 0) is 11.3 Å². The lowest BCUT2D eigenvalue weighted by Crippen LogP contribution is -2.46. The number of imidazole rings is 1. The molecule has 1 aliphatic rings. The molecule has 28 heavy (non-hydrogen) atoms. The van der Waals surface area contributed by atoms with Gasteiger partial charge in [0.05, 0.1) is 13.7 Å². The molecule has 7 heteroatoms. The van der Waals surface area contributed by atoms with Crippen molar-refractivity contribution in [1.82, 2.24) is 9.55 Å². The Morgan fingerprint density at radius 3 is 2.64 bits per heavy atom. The number of aromatic nitrogens is 2. The summed E-state index contributed by atoms with van der Waals surface area (Å²) in [5, 5.41) is 0. The van der Waals surface area contributed by atoms with Gasteiger partial charge in [0, 0.05) is 22.5 Å². The van der Waals surface area contributed by atoms with Crippen LogP contribution < -0.4 is 4.74 Å². The van der Waals surface area contributed by atoms with Crippen LogP contribution in [0.3, 0.4) is 0 Å².